The average molecular weight is 282 g/mol. The molecule has 2 fully saturated rings. The van der Waals surface area contributed by atoms with E-state index in [1.807, 2.05) is 0 Å². The van der Waals surface area contributed by atoms with Crippen LogP contribution >= 0.6 is 0 Å². The first kappa shape index (κ1) is 13.8. The molecule has 2 atom stereocenters. The zero-order valence-corrected chi connectivity index (χ0v) is 12.0. The topological polar surface area (TPSA) is 60.4 Å². The first-order valence-electron chi connectivity index (χ1n) is 7.45. The summed E-state index contributed by atoms with van der Waals surface area (Å²) in [7, 11) is 1.40. The maximum atomic E-state index is 11.9. The number of methoxy groups -OCH3 is 1. The minimum Gasteiger partial charge on any atom is -0.464 e. The van der Waals surface area contributed by atoms with Gasteiger partial charge in [0.05, 0.1) is 26.2 Å². The highest BCUT2D eigenvalue weighted by molar-refractivity contribution is 6.37. The lowest BCUT2D eigenvalue weighted by Crippen LogP contribution is -2.58. The van der Waals surface area contributed by atoms with Gasteiger partial charge in [-0.25, -0.2) is 4.79 Å². The molecule has 1 saturated carbocycles. The number of ether oxygens (including phenoxy) is 2. The van der Waals surface area contributed by atoms with Crippen molar-refractivity contribution < 1.29 is 19.1 Å². The summed E-state index contributed by atoms with van der Waals surface area (Å²) >= 11 is 0. The van der Waals surface area contributed by atoms with Crippen LogP contribution in [-0.2, 0) is 19.1 Å². The number of hydrogen-bond acceptors (Lipinski definition) is 6. The summed E-state index contributed by atoms with van der Waals surface area (Å²) in [4.78, 5) is 20.1. The molecule has 0 unspecified atom stereocenters. The first-order chi connectivity index (χ1) is 9.78. The van der Waals surface area contributed by atoms with E-state index < -0.39 is 5.72 Å². The van der Waals surface area contributed by atoms with E-state index in [1.54, 1.807) is 0 Å². The minimum atomic E-state index is -0.455. The third-order valence-corrected chi connectivity index (χ3v) is 4.65. The fourth-order valence-electron chi connectivity index (χ4n) is 3.62. The Morgan fingerprint density at radius 2 is 2.15 bits per heavy atom. The largest absolute Gasteiger partial charge is 0.464 e. The van der Waals surface area contributed by atoms with E-state index in [0.29, 0.717) is 18.9 Å². The van der Waals surface area contributed by atoms with Crippen LogP contribution in [0.3, 0.4) is 0 Å². The van der Waals surface area contributed by atoms with E-state index in [2.05, 4.69) is 10.1 Å². The lowest BCUT2D eigenvalue weighted by atomic mass is 9.85. The molecule has 0 N–H and O–H groups in total. The van der Waals surface area contributed by atoms with Gasteiger partial charge in [-0.1, -0.05) is 18.0 Å². The Morgan fingerprint density at radius 3 is 2.90 bits per heavy atom. The van der Waals surface area contributed by atoms with Crippen LogP contribution in [0, 0.1) is 5.92 Å². The standard InChI is InChI=1S/C14H22N2O4/c1-18-13(17)12-11-5-3-2-4-6-14(11,20-15-12)16-7-9-19-10-8-16/h11H,2-10H2,1H3/t11-,14+/m0/s1. The van der Waals surface area contributed by atoms with Crippen molar-refractivity contribution >= 4 is 11.7 Å². The summed E-state index contributed by atoms with van der Waals surface area (Å²) in [5.74, 6) is -0.331. The Kier molecular flexibility index (Phi) is 3.94. The van der Waals surface area contributed by atoms with E-state index in [9.17, 15) is 4.79 Å². The Morgan fingerprint density at radius 1 is 1.35 bits per heavy atom. The van der Waals surface area contributed by atoms with Crippen molar-refractivity contribution in [2.75, 3.05) is 33.4 Å². The predicted molar refractivity (Wildman–Crippen MR) is 72.2 cm³/mol. The molecule has 0 bridgehead atoms. The number of esters is 1. The number of nitrogens with zero attached hydrogens (tertiary/aromatic N) is 2. The summed E-state index contributed by atoms with van der Waals surface area (Å²) in [6.07, 6.45) is 5.25. The van der Waals surface area contributed by atoms with Crippen molar-refractivity contribution in [1.29, 1.82) is 0 Å². The van der Waals surface area contributed by atoms with Gasteiger partial charge in [-0.2, -0.15) is 0 Å². The van der Waals surface area contributed by atoms with Crippen molar-refractivity contribution in [2.24, 2.45) is 11.1 Å². The van der Waals surface area contributed by atoms with Crippen LogP contribution in [0.5, 0.6) is 0 Å². The second kappa shape index (κ2) is 5.69. The van der Waals surface area contributed by atoms with Gasteiger partial charge in [0.25, 0.3) is 0 Å². The number of oxime groups is 1. The van der Waals surface area contributed by atoms with E-state index >= 15 is 0 Å². The molecule has 3 aliphatic rings. The average Bonchev–Trinajstić information content (AvgIpc) is 2.74. The molecular weight excluding hydrogens is 260 g/mol. The number of hydrogen-bond donors (Lipinski definition) is 0. The van der Waals surface area contributed by atoms with E-state index in [4.69, 9.17) is 14.3 Å². The number of carbonyl (C=O) groups is 1. The molecule has 0 amide bonds. The first-order valence-corrected chi connectivity index (χ1v) is 7.45. The van der Waals surface area contributed by atoms with Crippen LogP contribution in [-0.4, -0.2) is 55.7 Å². The van der Waals surface area contributed by atoms with Gasteiger partial charge in [0.2, 0.25) is 0 Å². The maximum Gasteiger partial charge on any atom is 0.356 e. The lowest BCUT2D eigenvalue weighted by Gasteiger charge is -2.43. The van der Waals surface area contributed by atoms with Gasteiger partial charge < -0.3 is 14.3 Å². The van der Waals surface area contributed by atoms with Gasteiger partial charge in [0, 0.05) is 19.5 Å². The van der Waals surface area contributed by atoms with Crippen LogP contribution in [0.4, 0.5) is 0 Å². The van der Waals surface area contributed by atoms with Crippen molar-refractivity contribution in [2.45, 2.75) is 37.8 Å². The lowest BCUT2D eigenvalue weighted by molar-refractivity contribution is -0.185. The smallest absolute Gasteiger partial charge is 0.356 e. The highest BCUT2D eigenvalue weighted by Gasteiger charge is 2.55. The van der Waals surface area contributed by atoms with Gasteiger partial charge in [0.15, 0.2) is 11.4 Å². The molecule has 0 radical (unpaired) electrons. The van der Waals surface area contributed by atoms with Crippen LogP contribution in [0.15, 0.2) is 5.16 Å². The minimum absolute atomic E-state index is 0.0237. The fourth-order valence-corrected chi connectivity index (χ4v) is 3.62. The molecular formula is C14H22N2O4. The summed E-state index contributed by atoms with van der Waals surface area (Å²) in [6, 6.07) is 0. The van der Waals surface area contributed by atoms with Gasteiger partial charge in [-0.15, -0.1) is 0 Å². The molecule has 1 aliphatic carbocycles. The monoisotopic (exact) mass is 282 g/mol. The van der Waals surface area contributed by atoms with Crippen molar-refractivity contribution in [3.05, 3.63) is 0 Å². The Labute approximate surface area is 119 Å². The summed E-state index contributed by atoms with van der Waals surface area (Å²) in [6.45, 7) is 3.09. The van der Waals surface area contributed by atoms with Gasteiger partial charge in [-0.05, 0) is 12.8 Å². The molecule has 20 heavy (non-hydrogen) atoms. The maximum absolute atomic E-state index is 11.9. The van der Waals surface area contributed by atoms with Crippen molar-refractivity contribution in [1.82, 2.24) is 4.90 Å². The molecule has 3 rings (SSSR count). The zero-order chi connectivity index (χ0) is 14.0. The van der Waals surface area contributed by atoms with Crippen molar-refractivity contribution in [3.63, 3.8) is 0 Å². The van der Waals surface area contributed by atoms with Crippen molar-refractivity contribution in [3.8, 4) is 0 Å². The number of morpholine rings is 1. The number of fused-ring (bicyclic) bond motifs is 1. The summed E-state index contributed by atoms with van der Waals surface area (Å²) in [5, 5.41) is 4.10. The SMILES string of the molecule is COC(=O)C1=NO[C@]2(N3CCOCC3)CCCCC[C@@H]12. The second-order valence-electron chi connectivity index (χ2n) is 5.66. The van der Waals surface area contributed by atoms with E-state index in [-0.39, 0.29) is 11.9 Å². The molecule has 2 heterocycles. The van der Waals surface area contributed by atoms with E-state index in [0.717, 1.165) is 38.8 Å². The summed E-state index contributed by atoms with van der Waals surface area (Å²) in [5.41, 5.74) is 0.00460. The normalized spacial score (nSPS) is 34.6. The molecule has 0 aromatic heterocycles. The summed E-state index contributed by atoms with van der Waals surface area (Å²) < 4.78 is 10.3. The number of rotatable bonds is 2. The van der Waals surface area contributed by atoms with Crippen LogP contribution in [0.2, 0.25) is 0 Å². The van der Waals surface area contributed by atoms with Gasteiger partial charge in [0.1, 0.15) is 0 Å². The Bertz CT molecular complexity index is 406. The molecule has 6 heteroatoms. The second-order valence-corrected chi connectivity index (χ2v) is 5.66. The molecule has 6 nitrogen and oxygen atoms in total. The van der Waals surface area contributed by atoms with Gasteiger partial charge >= 0.3 is 5.97 Å². The highest BCUT2D eigenvalue weighted by atomic mass is 16.7. The predicted octanol–water partition coefficient (Wildman–Crippen LogP) is 1.15. The van der Waals surface area contributed by atoms with E-state index in [1.165, 1.54) is 13.5 Å². The molecule has 1 saturated heterocycles. The highest BCUT2D eigenvalue weighted by Crippen LogP contribution is 2.43. The third kappa shape index (κ3) is 2.20. The quantitative estimate of drug-likeness (QED) is 0.711. The molecule has 0 aromatic carbocycles. The number of carbonyl (C=O) groups excluding carboxylic acids is 1. The molecule has 0 spiro atoms. The zero-order valence-electron chi connectivity index (χ0n) is 12.0. The Hall–Kier alpha value is -1.14. The molecule has 112 valence electrons. The fraction of sp³-hybridized carbons (Fsp3) is 0.857. The van der Waals surface area contributed by atoms with Crippen LogP contribution in [0.1, 0.15) is 32.1 Å². The van der Waals surface area contributed by atoms with Crippen LogP contribution in [0.25, 0.3) is 0 Å². The third-order valence-electron chi connectivity index (χ3n) is 4.65. The molecule has 0 aromatic rings. The molecule has 2 aliphatic heterocycles. The van der Waals surface area contributed by atoms with Gasteiger partial charge in [-0.3, -0.25) is 4.90 Å². The van der Waals surface area contributed by atoms with Crippen LogP contribution < -0.4 is 0 Å². The Balaban J connectivity index is 1.88.